The second-order valence-electron chi connectivity index (χ2n) is 2.33. The molecule has 82 valence electrons. The maximum absolute atomic E-state index is 10.3. The second-order valence-corrected chi connectivity index (χ2v) is 2.50. The molecule has 0 aromatic carbocycles. The summed E-state index contributed by atoms with van der Waals surface area (Å²) in [6, 6.07) is 2.58. The van der Waals surface area contributed by atoms with E-state index in [1.807, 2.05) is 4.94 Å². The minimum Gasteiger partial charge on any atom is -0.474 e. The Morgan fingerprint density at radius 3 is 3.00 bits per heavy atom. The molecule has 1 N–H and O–H groups in total. The van der Waals surface area contributed by atoms with Crippen molar-refractivity contribution in [2.45, 2.75) is 6.92 Å². The van der Waals surface area contributed by atoms with E-state index in [0.717, 1.165) is 0 Å². The average Bonchev–Trinajstić information content (AvgIpc) is 2.66. The lowest BCUT2D eigenvalue weighted by molar-refractivity contribution is -0.402. The van der Waals surface area contributed by atoms with Gasteiger partial charge in [0.05, 0.1) is 12.7 Å². The normalized spacial score (nSPS) is 11.2. The molecule has 0 spiro atoms. The minimum atomic E-state index is -0.652. The van der Waals surface area contributed by atoms with Crippen LogP contribution in [0.25, 0.3) is 0 Å². The summed E-state index contributed by atoms with van der Waals surface area (Å²) in [5.41, 5.74) is 0. The van der Waals surface area contributed by atoms with Crippen molar-refractivity contribution in [3.05, 3.63) is 28.0 Å². The Labute approximate surface area is 89.9 Å². The molecule has 8 heteroatoms. The molecule has 1 aromatic rings. The summed E-state index contributed by atoms with van der Waals surface area (Å²) >= 11 is 5.16. The van der Waals surface area contributed by atoms with Gasteiger partial charge in [0, 0.05) is 11.8 Å². The maximum atomic E-state index is 10.3. The van der Waals surface area contributed by atoms with Crippen LogP contribution in [0.1, 0.15) is 12.7 Å². The third-order valence-electron chi connectivity index (χ3n) is 1.41. The molecule has 1 aromatic heterocycles. The van der Waals surface area contributed by atoms with Gasteiger partial charge in [0.15, 0.2) is 5.76 Å². The summed E-state index contributed by atoms with van der Waals surface area (Å²) in [6.07, 6.45) is 0. The monoisotopic (exact) mass is 233 g/mol. The lowest BCUT2D eigenvalue weighted by Gasteiger charge is -2.01. The third-order valence-corrected chi connectivity index (χ3v) is 1.49. The van der Waals surface area contributed by atoms with Crippen molar-refractivity contribution >= 4 is 23.6 Å². The van der Waals surface area contributed by atoms with E-state index in [4.69, 9.17) is 20.9 Å². The zero-order valence-electron chi connectivity index (χ0n) is 7.77. The topological polar surface area (TPSA) is 89.9 Å². The Bertz CT molecular complexity index is 376. The Morgan fingerprint density at radius 1 is 1.80 bits per heavy atom. The van der Waals surface area contributed by atoms with Crippen LogP contribution >= 0.6 is 11.8 Å². The first-order valence-electron chi connectivity index (χ1n) is 3.99. The van der Waals surface area contributed by atoms with Crippen LogP contribution in [0.5, 0.6) is 0 Å². The summed E-state index contributed by atoms with van der Waals surface area (Å²) in [7, 11) is 0. The van der Waals surface area contributed by atoms with E-state index in [9.17, 15) is 10.1 Å². The average molecular weight is 234 g/mol. The van der Waals surface area contributed by atoms with Crippen LogP contribution in [-0.4, -0.2) is 17.4 Å². The van der Waals surface area contributed by atoms with Gasteiger partial charge in [-0.25, -0.2) is 4.94 Å². The van der Waals surface area contributed by atoms with Crippen LogP contribution < -0.4 is 4.94 Å². The largest absolute Gasteiger partial charge is 0.474 e. The highest BCUT2D eigenvalue weighted by Gasteiger charge is 2.16. The molecular formula is C7H8ClN3O4. The van der Waals surface area contributed by atoms with Gasteiger partial charge >= 0.3 is 5.88 Å². The molecule has 0 bridgehead atoms. The van der Waals surface area contributed by atoms with Crippen LogP contribution in [0.4, 0.5) is 5.88 Å². The molecule has 1 heterocycles. The highest BCUT2D eigenvalue weighted by atomic mass is 35.5. The molecule has 7 nitrogen and oxygen atoms in total. The number of rotatable bonds is 4. The first kappa shape index (κ1) is 11.3. The van der Waals surface area contributed by atoms with Crippen LogP contribution in [0.15, 0.2) is 21.7 Å². The third kappa shape index (κ3) is 2.84. The van der Waals surface area contributed by atoms with E-state index in [0.29, 0.717) is 6.61 Å². The molecular weight excluding hydrogens is 226 g/mol. The fraction of sp³-hybridized carbons (Fsp3) is 0.286. The predicted molar refractivity (Wildman–Crippen MR) is 52.5 cm³/mol. The number of furan rings is 1. The van der Waals surface area contributed by atoms with E-state index in [1.165, 1.54) is 12.1 Å². The highest BCUT2D eigenvalue weighted by molar-refractivity contribution is 6.13. The molecule has 15 heavy (non-hydrogen) atoms. The van der Waals surface area contributed by atoms with Crippen molar-refractivity contribution < 1.29 is 14.1 Å². The van der Waals surface area contributed by atoms with Crippen molar-refractivity contribution in [2.24, 2.45) is 5.10 Å². The van der Waals surface area contributed by atoms with E-state index >= 15 is 0 Å². The molecule has 0 aliphatic heterocycles. The van der Waals surface area contributed by atoms with Gasteiger partial charge in [-0.15, -0.1) is 5.10 Å². The summed E-state index contributed by atoms with van der Waals surface area (Å²) in [4.78, 5) is 11.7. The molecule has 0 aliphatic rings. The van der Waals surface area contributed by atoms with Gasteiger partial charge in [0.2, 0.25) is 0 Å². The zero-order chi connectivity index (χ0) is 11.3. The number of hydrogen-bond acceptors (Lipinski definition) is 6. The van der Waals surface area contributed by atoms with Gasteiger partial charge in [-0.2, -0.15) is 0 Å². The second kappa shape index (κ2) is 5.20. The lowest BCUT2D eigenvalue weighted by atomic mass is 10.4. The highest BCUT2D eigenvalue weighted by Crippen LogP contribution is 2.16. The molecule has 0 amide bonds. The number of nitrogens with one attached hydrogen (secondary N) is 1. The van der Waals surface area contributed by atoms with Crippen molar-refractivity contribution in [3.63, 3.8) is 0 Å². The summed E-state index contributed by atoms with van der Waals surface area (Å²) in [6.45, 7) is 2.08. The summed E-state index contributed by atoms with van der Waals surface area (Å²) in [5, 5.41) is 13.9. The summed E-state index contributed by atoms with van der Waals surface area (Å²) < 4.78 is 9.91. The predicted octanol–water partition coefficient (Wildman–Crippen LogP) is 1.63. The number of hydrogen-bond donors (Lipinski definition) is 1. The number of nitrogens with zero attached hydrogens (tertiary/aromatic N) is 2. The number of nitro groups is 1. The number of ether oxygens (including phenoxy) is 1. The van der Waals surface area contributed by atoms with Crippen molar-refractivity contribution in [3.8, 4) is 0 Å². The lowest BCUT2D eigenvalue weighted by Crippen LogP contribution is -2.08. The standard InChI is InChI=1S/C7H8ClN3O4/c1-2-14-7(9-10-8)5-3-4-6(15-5)11(12)13/h3-4,10H,2H2,1H3/b9-7-. The molecule has 0 saturated heterocycles. The van der Waals surface area contributed by atoms with Gasteiger partial charge in [-0.05, 0) is 13.0 Å². The van der Waals surface area contributed by atoms with E-state index < -0.39 is 4.92 Å². The van der Waals surface area contributed by atoms with Crippen molar-refractivity contribution in [2.75, 3.05) is 6.61 Å². The first-order valence-corrected chi connectivity index (χ1v) is 4.37. The van der Waals surface area contributed by atoms with Gasteiger partial charge in [-0.1, -0.05) is 0 Å². The van der Waals surface area contributed by atoms with E-state index in [1.54, 1.807) is 6.92 Å². The smallest absolute Gasteiger partial charge is 0.433 e. The van der Waals surface area contributed by atoms with E-state index in [2.05, 4.69) is 5.10 Å². The fourth-order valence-corrected chi connectivity index (χ4v) is 0.951. The van der Waals surface area contributed by atoms with Gasteiger partial charge in [0.1, 0.15) is 4.92 Å². The zero-order valence-corrected chi connectivity index (χ0v) is 8.52. The van der Waals surface area contributed by atoms with E-state index in [-0.39, 0.29) is 17.5 Å². The van der Waals surface area contributed by atoms with Crippen LogP contribution in [-0.2, 0) is 4.74 Å². The SMILES string of the molecule is CCO/C(=N\NCl)c1ccc([N+](=O)[O-])o1. The van der Waals surface area contributed by atoms with Gasteiger partial charge in [-0.3, -0.25) is 10.1 Å². The Hall–Kier alpha value is -1.76. The molecule has 0 aliphatic carbocycles. The van der Waals surface area contributed by atoms with Crippen LogP contribution in [0.2, 0.25) is 0 Å². The maximum Gasteiger partial charge on any atom is 0.433 e. The molecule has 1 rings (SSSR count). The van der Waals surface area contributed by atoms with Gasteiger partial charge < -0.3 is 9.15 Å². The van der Waals surface area contributed by atoms with Crippen LogP contribution in [0, 0.1) is 10.1 Å². The molecule has 0 radical (unpaired) electrons. The molecule has 0 unspecified atom stereocenters. The van der Waals surface area contributed by atoms with Crippen molar-refractivity contribution in [1.29, 1.82) is 0 Å². The van der Waals surface area contributed by atoms with Crippen LogP contribution in [0.3, 0.4) is 0 Å². The Kier molecular flexibility index (Phi) is 3.92. The quantitative estimate of drug-likeness (QED) is 0.281. The van der Waals surface area contributed by atoms with Gasteiger partial charge in [0.25, 0.3) is 5.90 Å². The number of halogens is 1. The molecule has 0 atom stereocenters. The summed E-state index contributed by atoms with van der Waals surface area (Å²) in [5.74, 6) is -0.190. The Morgan fingerprint density at radius 2 is 2.53 bits per heavy atom. The fourth-order valence-electron chi connectivity index (χ4n) is 0.874. The molecule has 0 fully saturated rings. The first-order chi connectivity index (χ1) is 7.19. The number of hydrazone groups is 1. The Balaban J connectivity index is 2.91. The van der Waals surface area contributed by atoms with Crippen molar-refractivity contribution in [1.82, 2.24) is 4.94 Å². The molecule has 0 saturated carbocycles. The minimum absolute atomic E-state index is 0.0561.